The largest absolute Gasteiger partial charge is 0.501 e. The Labute approximate surface area is 168 Å². The summed E-state index contributed by atoms with van der Waals surface area (Å²) in [6, 6.07) is 3.96. The first-order chi connectivity index (χ1) is 13.5. The molecule has 0 fully saturated rings. The molecule has 1 aliphatic heterocycles. The van der Waals surface area contributed by atoms with Crippen LogP contribution in [0, 0.1) is 11.7 Å². The van der Waals surface area contributed by atoms with Gasteiger partial charge in [0.2, 0.25) is 5.82 Å². The Morgan fingerprint density at radius 1 is 1.32 bits per heavy atom. The van der Waals surface area contributed by atoms with Crippen LogP contribution in [-0.2, 0) is 11.3 Å². The van der Waals surface area contributed by atoms with Crippen molar-refractivity contribution in [2.75, 3.05) is 6.54 Å². The highest BCUT2D eigenvalue weighted by Gasteiger charge is 2.46. The highest BCUT2D eigenvalue weighted by molar-refractivity contribution is 9.10. The number of benzene rings is 1. The van der Waals surface area contributed by atoms with Gasteiger partial charge in [-0.15, -0.1) is 0 Å². The number of carbonyl (C=O) groups is 2. The molecule has 142 valence electrons. The van der Waals surface area contributed by atoms with E-state index in [0.29, 0.717) is 11.3 Å². The predicted octanol–water partition coefficient (Wildman–Crippen LogP) is 3.32. The van der Waals surface area contributed by atoms with Gasteiger partial charge in [-0.05, 0) is 47.1 Å². The van der Waals surface area contributed by atoms with Crippen molar-refractivity contribution in [3.05, 3.63) is 58.7 Å². The summed E-state index contributed by atoms with van der Waals surface area (Å²) >= 11 is 3.13. The summed E-state index contributed by atoms with van der Waals surface area (Å²) < 4.78 is 20.5. The van der Waals surface area contributed by atoms with Gasteiger partial charge in [0.1, 0.15) is 17.4 Å². The van der Waals surface area contributed by atoms with E-state index in [1.54, 1.807) is 37.3 Å². The molecule has 1 unspecified atom stereocenters. The molecule has 2 aromatic rings. The molecule has 28 heavy (non-hydrogen) atoms. The number of fused-ring (bicyclic) bond motifs is 1. The first-order valence-electron chi connectivity index (χ1n) is 8.62. The quantitative estimate of drug-likeness (QED) is 0.674. The van der Waals surface area contributed by atoms with Gasteiger partial charge in [0.25, 0.3) is 5.89 Å². The molecule has 0 N–H and O–H groups in total. The summed E-state index contributed by atoms with van der Waals surface area (Å²) in [5, 5.41) is 3.92. The molecule has 1 atom stereocenters. The van der Waals surface area contributed by atoms with Crippen molar-refractivity contribution in [1.29, 1.82) is 0 Å². The van der Waals surface area contributed by atoms with E-state index >= 15 is 0 Å². The van der Waals surface area contributed by atoms with Crippen LogP contribution in [0.5, 0.6) is 0 Å². The van der Waals surface area contributed by atoms with Crippen molar-refractivity contribution in [3.8, 4) is 11.4 Å². The molecule has 9 heteroatoms. The first-order valence-corrected chi connectivity index (χ1v) is 9.41. The fourth-order valence-corrected chi connectivity index (χ4v) is 3.55. The number of halogens is 2. The van der Waals surface area contributed by atoms with Crippen molar-refractivity contribution in [1.82, 2.24) is 15.0 Å². The molecule has 7 nitrogen and oxygen atoms in total. The SMILES string of the molecule is CCN1C(=O)C2C=CC=CC2=[N+](Cc2nc(-c3ccc(F)c(Br)c3)no2)C1=O. The van der Waals surface area contributed by atoms with Crippen LogP contribution in [0.1, 0.15) is 12.8 Å². The minimum absolute atomic E-state index is 0.0298. The molecular formula is C19H15BrFN4O3+. The van der Waals surface area contributed by atoms with Crippen molar-refractivity contribution in [2.24, 2.45) is 5.92 Å². The number of carbonyl (C=O) groups excluding carboxylic acids is 2. The molecule has 1 aliphatic carbocycles. The molecule has 0 spiro atoms. The third-order valence-electron chi connectivity index (χ3n) is 4.56. The maximum absolute atomic E-state index is 13.4. The van der Waals surface area contributed by atoms with Crippen molar-refractivity contribution >= 4 is 33.6 Å². The van der Waals surface area contributed by atoms with Crippen LogP contribution in [0.25, 0.3) is 11.4 Å². The lowest BCUT2D eigenvalue weighted by Crippen LogP contribution is -2.53. The Kier molecular flexibility index (Phi) is 4.76. The number of urea groups is 1. The summed E-state index contributed by atoms with van der Waals surface area (Å²) in [6.45, 7) is 2.05. The molecule has 0 saturated carbocycles. The molecular weight excluding hydrogens is 431 g/mol. The molecule has 3 amide bonds. The molecule has 2 heterocycles. The van der Waals surface area contributed by atoms with E-state index in [2.05, 4.69) is 26.1 Å². The number of allylic oxidation sites excluding steroid dienone is 3. The van der Waals surface area contributed by atoms with Gasteiger partial charge in [0.05, 0.1) is 11.0 Å². The lowest BCUT2D eigenvalue weighted by Gasteiger charge is -2.25. The number of imide groups is 1. The Bertz CT molecular complexity index is 1070. The first kappa shape index (κ1) is 18.4. The number of aromatic nitrogens is 2. The van der Waals surface area contributed by atoms with E-state index in [0.717, 1.165) is 0 Å². The molecule has 4 rings (SSSR count). The van der Waals surface area contributed by atoms with Crippen molar-refractivity contribution < 1.29 is 23.1 Å². The number of rotatable bonds is 4. The zero-order valence-electron chi connectivity index (χ0n) is 14.8. The number of hydrogen-bond acceptors (Lipinski definition) is 5. The van der Waals surface area contributed by atoms with Crippen molar-refractivity contribution in [3.63, 3.8) is 0 Å². The molecule has 2 aliphatic rings. The molecule has 1 aromatic heterocycles. The van der Waals surface area contributed by atoms with E-state index < -0.39 is 17.8 Å². The van der Waals surface area contributed by atoms with E-state index in [-0.39, 0.29) is 35.2 Å². The highest BCUT2D eigenvalue weighted by Crippen LogP contribution is 2.24. The summed E-state index contributed by atoms with van der Waals surface area (Å²) in [5.41, 5.74) is 1.15. The number of hydrogen-bond donors (Lipinski definition) is 0. The van der Waals surface area contributed by atoms with Gasteiger partial charge in [0.15, 0.2) is 6.54 Å². The third-order valence-corrected chi connectivity index (χ3v) is 5.17. The molecule has 1 aromatic carbocycles. The van der Waals surface area contributed by atoms with Gasteiger partial charge in [-0.25, -0.2) is 9.18 Å². The van der Waals surface area contributed by atoms with Crippen LogP contribution in [-0.4, -0.2) is 43.8 Å². The molecule has 0 saturated heterocycles. The third kappa shape index (κ3) is 3.11. The van der Waals surface area contributed by atoms with Crippen LogP contribution in [0.15, 0.2) is 51.5 Å². The van der Waals surface area contributed by atoms with Crippen LogP contribution >= 0.6 is 15.9 Å². The maximum atomic E-state index is 13.4. The van der Waals surface area contributed by atoms with Gasteiger partial charge in [-0.1, -0.05) is 23.4 Å². The second kappa shape index (κ2) is 7.23. The topological polar surface area (TPSA) is 79.3 Å². The van der Waals surface area contributed by atoms with Gasteiger partial charge in [-0.3, -0.25) is 0 Å². The second-order valence-corrected chi connectivity index (χ2v) is 7.09. The predicted molar refractivity (Wildman–Crippen MR) is 101 cm³/mol. The zero-order valence-corrected chi connectivity index (χ0v) is 16.4. The average molecular weight is 446 g/mol. The highest BCUT2D eigenvalue weighted by atomic mass is 79.9. The Balaban J connectivity index is 1.68. The normalized spacial score (nSPS) is 18.8. The van der Waals surface area contributed by atoms with Crippen LogP contribution in [0.3, 0.4) is 0 Å². The monoisotopic (exact) mass is 445 g/mol. The van der Waals surface area contributed by atoms with Gasteiger partial charge in [0, 0.05) is 5.56 Å². The Hall–Kier alpha value is -2.94. The lowest BCUT2D eigenvalue weighted by atomic mass is 9.94. The fraction of sp³-hybridized carbons (Fsp3) is 0.211. The fourth-order valence-electron chi connectivity index (χ4n) is 3.17. The molecule has 0 bridgehead atoms. The van der Waals surface area contributed by atoms with Crippen molar-refractivity contribution in [2.45, 2.75) is 13.5 Å². The molecule has 0 radical (unpaired) electrons. The standard InChI is InChI=1S/C19H15BrFN4O3/c1-2-24-18(26)12-5-3-4-6-15(12)25(19(24)27)10-16-22-17(23-28-16)11-7-8-14(21)13(20)9-11/h3-9,12H,2,10H2,1H3/q+1. The zero-order chi connectivity index (χ0) is 19.8. The van der Waals surface area contributed by atoms with Gasteiger partial charge >= 0.3 is 11.9 Å². The maximum Gasteiger partial charge on any atom is 0.501 e. The smallest absolute Gasteiger partial charge is 0.335 e. The summed E-state index contributed by atoms with van der Waals surface area (Å²) in [4.78, 5) is 30.8. The number of nitrogens with zero attached hydrogens (tertiary/aromatic N) is 4. The second-order valence-electron chi connectivity index (χ2n) is 6.24. The lowest BCUT2D eigenvalue weighted by molar-refractivity contribution is -0.460. The minimum atomic E-state index is -0.516. The number of amides is 3. The Morgan fingerprint density at radius 2 is 2.14 bits per heavy atom. The van der Waals surface area contributed by atoms with E-state index in [1.807, 2.05) is 0 Å². The van der Waals surface area contributed by atoms with Crippen LogP contribution in [0.2, 0.25) is 0 Å². The summed E-state index contributed by atoms with van der Waals surface area (Å²) in [5.74, 6) is -0.664. The van der Waals surface area contributed by atoms with Crippen LogP contribution in [0.4, 0.5) is 9.18 Å². The van der Waals surface area contributed by atoms with E-state index in [4.69, 9.17) is 4.52 Å². The summed E-state index contributed by atoms with van der Waals surface area (Å²) in [7, 11) is 0. The van der Waals surface area contributed by atoms with Gasteiger partial charge < -0.3 is 4.52 Å². The van der Waals surface area contributed by atoms with E-state index in [9.17, 15) is 14.0 Å². The Morgan fingerprint density at radius 3 is 2.89 bits per heavy atom. The van der Waals surface area contributed by atoms with E-state index in [1.165, 1.54) is 21.6 Å². The average Bonchev–Trinajstić information content (AvgIpc) is 3.16. The summed E-state index contributed by atoms with van der Waals surface area (Å²) in [6.07, 6.45) is 7.05. The minimum Gasteiger partial charge on any atom is -0.335 e. The van der Waals surface area contributed by atoms with Gasteiger partial charge in [-0.2, -0.15) is 19.3 Å². The van der Waals surface area contributed by atoms with Crippen LogP contribution < -0.4 is 0 Å².